The van der Waals surface area contributed by atoms with Crippen LogP contribution in [0.5, 0.6) is 0 Å². The van der Waals surface area contributed by atoms with Crippen molar-refractivity contribution in [3.05, 3.63) is 77.0 Å². The second kappa shape index (κ2) is 8.24. The van der Waals surface area contributed by atoms with E-state index in [9.17, 15) is 9.18 Å². The minimum Gasteiger partial charge on any atom is -0.304 e. The van der Waals surface area contributed by atoms with Crippen LogP contribution in [0.15, 0.2) is 54.7 Å². The molecule has 1 amide bonds. The first-order chi connectivity index (χ1) is 16.0. The van der Waals surface area contributed by atoms with Gasteiger partial charge in [0.15, 0.2) is 11.5 Å². The van der Waals surface area contributed by atoms with Crippen molar-refractivity contribution in [3.63, 3.8) is 0 Å². The predicted octanol–water partition coefficient (Wildman–Crippen LogP) is 2.99. The molecule has 0 aliphatic heterocycles. The van der Waals surface area contributed by atoms with Crippen LogP contribution in [0.2, 0.25) is 5.02 Å². The second-order valence-corrected chi connectivity index (χ2v) is 7.32. The first kappa shape index (κ1) is 20.5. The van der Waals surface area contributed by atoms with Crippen molar-refractivity contribution in [3.8, 4) is 22.8 Å². The number of carbonyl (C=O) groups excluding carboxylic acids is 1. The highest BCUT2D eigenvalue weighted by atomic mass is 35.5. The average molecular weight is 465 g/mol. The number of aromatic amines is 1. The number of carbonyl (C=O) groups is 1. The van der Waals surface area contributed by atoms with Crippen LogP contribution in [0.1, 0.15) is 16.2 Å². The fraction of sp³-hybridized carbons (Fsp3) is 0.0500. The third kappa shape index (κ3) is 3.83. The van der Waals surface area contributed by atoms with Crippen LogP contribution in [0, 0.1) is 12.7 Å². The van der Waals surface area contributed by atoms with Crippen LogP contribution in [0.4, 0.5) is 10.2 Å². The Labute approximate surface area is 190 Å². The topological polar surface area (TPSA) is 132 Å². The Balaban J connectivity index is 1.41. The standard InChI is InChI=1S/C20H14ClFN10O/c1-11-18(24-30-32(11)16-5-3-2-4-14(16)22)20(33)23-17-8-9-31(27-17)15-7-6-12(21)10-13(15)19-25-28-29-26-19/h2-10H,1H3,(H,23,27,33)(H,25,26,28,29). The summed E-state index contributed by atoms with van der Waals surface area (Å²) in [5, 5.41) is 29.3. The number of amides is 1. The zero-order valence-electron chi connectivity index (χ0n) is 16.9. The van der Waals surface area contributed by atoms with Gasteiger partial charge in [-0.15, -0.1) is 15.3 Å². The molecule has 3 heterocycles. The van der Waals surface area contributed by atoms with Gasteiger partial charge in [-0.25, -0.2) is 13.8 Å². The van der Waals surface area contributed by atoms with Gasteiger partial charge in [0.1, 0.15) is 11.5 Å². The number of H-pyrrole nitrogens is 1. The smallest absolute Gasteiger partial charge is 0.279 e. The number of hydrogen-bond donors (Lipinski definition) is 2. The Kier molecular flexibility index (Phi) is 5.11. The summed E-state index contributed by atoms with van der Waals surface area (Å²) in [5.41, 5.74) is 1.85. The van der Waals surface area contributed by atoms with Crippen LogP contribution >= 0.6 is 11.6 Å². The zero-order chi connectivity index (χ0) is 22.9. The van der Waals surface area contributed by atoms with Gasteiger partial charge in [0, 0.05) is 17.3 Å². The third-order valence-corrected chi connectivity index (χ3v) is 5.05. The summed E-state index contributed by atoms with van der Waals surface area (Å²) < 4.78 is 16.9. The van der Waals surface area contributed by atoms with Crippen molar-refractivity contribution in [2.45, 2.75) is 6.92 Å². The van der Waals surface area contributed by atoms with E-state index in [1.807, 2.05) is 0 Å². The maximum atomic E-state index is 14.1. The molecule has 2 aromatic carbocycles. The maximum absolute atomic E-state index is 14.1. The summed E-state index contributed by atoms with van der Waals surface area (Å²) in [4.78, 5) is 12.8. The number of hydrogen-bond acceptors (Lipinski definition) is 7. The van der Waals surface area contributed by atoms with E-state index in [0.29, 0.717) is 27.8 Å². The molecule has 0 aliphatic carbocycles. The molecule has 0 aliphatic rings. The lowest BCUT2D eigenvalue weighted by Crippen LogP contribution is -2.15. The number of anilines is 1. The lowest BCUT2D eigenvalue weighted by Gasteiger charge is -2.07. The molecule has 13 heteroatoms. The average Bonchev–Trinajstić information content (AvgIpc) is 3.56. The highest BCUT2D eigenvalue weighted by Crippen LogP contribution is 2.27. The molecular formula is C20H14ClFN10O. The van der Waals surface area contributed by atoms with Gasteiger partial charge in [-0.05, 0) is 42.5 Å². The van der Waals surface area contributed by atoms with E-state index in [2.05, 4.69) is 41.4 Å². The largest absolute Gasteiger partial charge is 0.304 e. The van der Waals surface area contributed by atoms with Crippen molar-refractivity contribution < 1.29 is 9.18 Å². The lowest BCUT2D eigenvalue weighted by molar-refractivity contribution is 0.102. The first-order valence-corrected chi connectivity index (χ1v) is 9.97. The molecule has 3 aromatic heterocycles. The van der Waals surface area contributed by atoms with Crippen LogP contribution in [0.25, 0.3) is 22.8 Å². The van der Waals surface area contributed by atoms with E-state index in [0.717, 1.165) is 0 Å². The van der Waals surface area contributed by atoms with Gasteiger partial charge in [0.05, 0.1) is 16.9 Å². The quantitative estimate of drug-likeness (QED) is 0.408. The summed E-state index contributed by atoms with van der Waals surface area (Å²) >= 11 is 6.12. The van der Waals surface area contributed by atoms with E-state index in [4.69, 9.17) is 11.6 Å². The number of rotatable bonds is 5. The molecule has 0 saturated carbocycles. The summed E-state index contributed by atoms with van der Waals surface area (Å²) in [6.07, 6.45) is 1.66. The van der Waals surface area contributed by atoms with E-state index in [-0.39, 0.29) is 17.2 Å². The zero-order valence-corrected chi connectivity index (χ0v) is 17.7. The maximum Gasteiger partial charge on any atom is 0.279 e. The van der Waals surface area contributed by atoms with Gasteiger partial charge < -0.3 is 5.32 Å². The van der Waals surface area contributed by atoms with E-state index in [1.165, 1.54) is 10.7 Å². The fourth-order valence-electron chi connectivity index (χ4n) is 3.25. The molecule has 164 valence electrons. The lowest BCUT2D eigenvalue weighted by atomic mass is 10.1. The van der Waals surface area contributed by atoms with Crippen molar-refractivity contribution in [1.29, 1.82) is 0 Å². The second-order valence-electron chi connectivity index (χ2n) is 6.88. The van der Waals surface area contributed by atoms with Crippen LogP contribution in [-0.2, 0) is 0 Å². The molecule has 11 nitrogen and oxygen atoms in total. The fourth-order valence-corrected chi connectivity index (χ4v) is 3.43. The number of nitrogens with one attached hydrogen (secondary N) is 2. The van der Waals surface area contributed by atoms with Crippen molar-refractivity contribution in [2.24, 2.45) is 0 Å². The van der Waals surface area contributed by atoms with Crippen LogP contribution in [-0.4, -0.2) is 51.3 Å². The van der Waals surface area contributed by atoms with Crippen molar-refractivity contribution in [2.75, 3.05) is 5.32 Å². The van der Waals surface area contributed by atoms with Crippen molar-refractivity contribution >= 4 is 23.3 Å². The Morgan fingerprint density at radius 3 is 2.76 bits per heavy atom. The van der Waals surface area contributed by atoms with E-state index in [1.54, 1.807) is 60.3 Å². The molecule has 33 heavy (non-hydrogen) atoms. The number of nitrogens with zero attached hydrogens (tertiary/aromatic N) is 8. The van der Waals surface area contributed by atoms with Gasteiger partial charge in [0.2, 0.25) is 5.82 Å². The number of para-hydroxylation sites is 1. The number of tetrazole rings is 1. The third-order valence-electron chi connectivity index (χ3n) is 4.81. The van der Waals surface area contributed by atoms with Gasteiger partial charge in [-0.2, -0.15) is 10.3 Å². The summed E-state index contributed by atoms with van der Waals surface area (Å²) in [6.45, 7) is 1.63. The molecule has 0 saturated heterocycles. The van der Waals surface area contributed by atoms with Crippen LogP contribution < -0.4 is 5.32 Å². The molecule has 2 N–H and O–H groups in total. The highest BCUT2D eigenvalue weighted by molar-refractivity contribution is 6.31. The highest BCUT2D eigenvalue weighted by Gasteiger charge is 2.20. The van der Waals surface area contributed by atoms with Gasteiger partial charge in [0.25, 0.3) is 5.91 Å². The molecule has 0 spiro atoms. The minimum atomic E-state index is -0.533. The molecule has 5 rings (SSSR count). The Hall–Kier alpha value is -4.45. The number of benzene rings is 2. The molecule has 0 atom stereocenters. The Morgan fingerprint density at radius 2 is 1.97 bits per heavy atom. The monoisotopic (exact) mass is 464 g/mol. The van der Waals surface area contributed by atoms with Crippen molar-refractivity contribution in [1.82, 2.24) is 45.4 Å². The molecule has 5 aromatic rings. The number of aromatic nitrogens is 9. The van der Waals surface area contributed by atoms with E-state index >= 15 is 0 Å². The Bertz CT molecular complexity index is 1460. The molecule has 0 fully saturated rings. The van der Waals surface area contributed by atoms with Gasteiger partial charge >= 0.3 is 0 Å². The first-order valence-electron chi connectivity index (χ1n) is 9.59. The summed E-state index contributed by atoms with van der Waals surface area (Å²) in [6, 6.07) is 12.8. The minimum absolute atomic E-state index is 0.0479. The molecule has 0 bridgehead atoms. The predicted molar refractivity (Wildman–Crippen MR) is 116 cm³/mol. The van der Waals surface area contributed by atoms with Gasteiger partial charge in [-0.3, -0.25) is 4.79 Å². The molecule has 0 radical (unpaired) electrons. The van der Waals surface area contributed by atoms with Crippen LogP contribution in [0.3, 0.4) is 0 Å². The normalized spacial score (nSPS) is 11.0. The summed E-state index contributed by atoms with van der Waals surface area (Å²) in [5.74, 6) is -0.394. The SMILES string of the molecule is Cc1c(C(=O)Nc2ccn(-c3ccc(Cl)cc3-c3nn[nH]n3)n2)nnn1-c1ccccc1F. The summed E-state index contributed by atoms with van der Waals surface area (Å²) in [7, 11) is 0. The molecular weight excluding hydrogens is 451 g/mol. The van der Waals surface area contributed by atoms with E-state index < -0.39 is 11.7 Å². The van der Waals surface area contributed by atoms with Gasteiger partial charge in [-0.1, -0.05) is 28.9 Å². The Morgan fingerprint density at radius 1 is 1.12 bits per heavy atom. The molecule has 0 unspecified atom stereocenters. The number of halogens is 2.